The molecule has 9 rings (SSSR count). The normalized spacial score (nSPS) is 14.7. The van der Waals surface area contributed by atoms with E-state index in [1.54, 1.807) is 0 Å². The minimum atomic E-state index is 0.108. The Hall–Kier alpha value is -5.86. The molecule has 0 unspecified atom stereocenters. The van der Waals surface area contributed by atoms with Crippen LogP contribution < -0.4 is 4.90 Å². The minimum absolute atomic E-state index is 0.108. The number of hydrogen-bond donors (Lipinski definition) is 0. The van der Waals surface area contributed by atoms with Crippen molar-refractivity contribution >= 4 is 39.0 Å². The number of rotatable bonds is 6. The maximum absolute atomic E-state index is 6.93. The molecule has 1 aliphatic rings. The van der Waals surface area contributed by atoms with E-state index in [-0.39, 0.29) is 10.8 Å². The third-order valence-electron chi connectivity index (χ3n) is 11.4. The van der Waals surface area contributed by atoms with Gasteiger partial charge in [-0.3, -0.25) is 0 Å². The topological polar surface area (TPSA) is 16.4 Å². The molecule has 0 N–H and O–H groups in total. The van der Waals surface area contributed by atoms with Crippen LogP contribution in [-0.4, -0.2) is 0 Å². The van der Waals surface area contributed by atoms with Gasteiger partial charge < -0.3 is 9.32 Å². The van der Waals surface area contributed by atoms with Gasteiger partial charge in [0.1, 0.15) is 5.58 Å². The summed E-state index contributed by atoms with van der Waals surface area (Å²) in [5.41, 5.74) is 15.4. The number of furan rings is 1. The van der Waals surface area contributed by atoms with E-state index in [4.69, 9.17) is 4.42 Å². The molecule has 254 valence electrons. The highest BCUT2D eigenvalue weighted by molar-refractivity contribution is 6.11. The van der Waals surface area contributed by atoms with Crippen LogP contribution in [0.15, 0.2) is 168 Å². The molecule has 1 heterocycles. The zero-order valence-corrected chi connectivity index (χ0v) is 30.4. The van der Waals surface area contributed by atoms with E-state index in [1.165, 1.54) is 62.7 Å². The Labute approximate surface area is 307 Å². The van der Waals surface area contributed by atoms with Crippen molar-refractivity contribution < 1.29 is 4.42 Å². The average molecular weight is 674 g/mol. The lowest BCUT2D eigenvalue weighted by atomic mass is 9.63. The molecule has 0 fully saturated rings. The van der Waals surface area contributed by atoms with Gasteiger partial charge in [0.25, 0.3) is 0 Å². The molecule has 0 saturated heterocycles. The van der Waals surface area contributed by atoms with Crippen molar-refractivity contribution in [2.75, 3.05) is 4.90 Å². The fraction of sp³-hybridized carbons (Fsp3) is 0.160. The summed E-state index contributed by atoms with van der Waals surface area (Å²) < 4.78 is 6.93. The molecule has 2 heteroatoms. The number of benzene rings is 7. The number of para-hydroxylation sites is 1. The van der Waals surface area contributed by atoms with E-state index in [1.807, 2.05) is 0 Å². The number of hydrogen-bond acceptors (Lipinski definition) is 2. The minimum Gasteiger partial charge on any atom is -0.454 e. The Balaban J connectivity index is 1.16. The van der Waals surface area contributed by atoms with Crippen LogP contribution in [0.1, 0.15) is 51.7 Å². The quantitative estimate of drug-likeness (QED) is 0.175. The highest BCUT2D eigenvalue weighted by atomic mass is 16.3. The van der Waals surface area contributed by atoms with Crippen molar-refractivity contribution in [1.29, 1.82) is 0 Å². The number of anilines is 3. The Morgan fingerprint density at radius 1 is 0.423 bits per heavy atom. The number of nitrogens with zero attached hydrogens (tertiary/aromatic N) is 1. The lowest BCUT2D eigenvalue weighted by Gasteiger charge is -2.41. The molecule has 1 aliphatic carbocycles. The monoisotopic (exact) mass is 673 g/mol. The largest absolute Gasteiger partial charge is 0.454 e. The summed E-state index contributed by atoms with van der Waals surface area (Å²) in [5, 5.41) is 2.34. The maximum Gasteiger partial charge on any atom is 0.159 e. The second-order valence-electron chi connectivity index (χ2n) is 15.7. The van der Waals surface area contributed by atoms with E-state index < -0.39 is 0 Å². The van der Waals surface area contributed by atoms with Gasteiger partial charge in [0.05, 0.1) is 5.69 Å². The van der Waals surface area contributed by atoms with Crippen LogP contribution in [0, 0.1) is 0 Å². The van der Waals surface area contributed by atoms with Crippen LogP contribution in [0.25, 0.3) is 55.3 Å². The summed E-state index contributed by atoms with van der Waals surface area (Å²) in [6, 6.07) is 59.1. The molecule has 8 aromatic rings. The molecule has 0 atom stereocenters. The second-order valence-corrected chi connectivity index (χ2v) is 15.7. The lowest BCUT2D eigenvalue weighted by molar-refractivity contribution is 0.332. The zero-order chi connectivity index (χ0) is 35.5. The van der Waals surface area contributed by atoms with Gasteiger partial charge in [-0.1, -0.05) is 149 Å². The average Bonchev–Trinajstić information content (AvgIpc) is 3.56. The third kappa shape index (κ3) is 5.60. The summed E-state index contributed by atoms with van der Waals surface area (Å²) in [7, 11) is 0. The van der Waals surface area contributed by atoms with Crippen molar-refractivity contribution in [2.45, 2.75) is 51.4 Å². The SMILES string of the molecule is CC1(C)CCC(C)(C)c2cc3c(cc21)oc1c(N(c2ccc(-c4ccccc4)cc2)c2ccc(-c4ccc(-c5ccccc5)cc4)cc2)cccc13. The molecule has 7 aromatic carbocycles. The predicted octanol–water partition coefficient (Wildman–Crippen LogP) is 14.4. The molecular formula is C50H43NO. The van der Waals surface area contributed by atoms with Crippen molar-refractivity contribution in [3.63, 3.8) is 0 Å². The maximum atomic E-state index is 6.93. The van der Waals surface area contributed by atoms with E-state index in [0.29, 0.717) is 0 Å². The number of fused-ring (bicyclic) bond motifs is 4. The van der Waals surface area contributed by atoms with Crippen LogP contribution in [-0.2, 0) is 10.8 Å². The second kappa shape index (κ2) is 12.4. The predicted molar refractivity (Wildman–Crippen MR) is 220 cm³/mol. The van der Waals surface area contributed by atoms with Gasteiger partial charge in [0, 0.05) is 22.1 Å². The highest BCUT2D eigenvalue weighted by Gasteiger charge is 2.38. The lowest BCUT2D eigenvalue weighted by Crippen LogP contribution is -2.33. The summed E-state index contributed by atoms with van der Waals surface area (Å²) >= 11 is 0. The smallest absolute Gasteiger partial charge is 0.159 e. The molecule has 0 bridgehead atoms. The van der Waals surface area contributed by atoms with Gasteiger partial charge in [-0.15, -0.1) is 0 Å². The first kappa shape index (κ1) is 32.1. The van der Waals surface area contributed by atoms with Crippen LogP contribution in [0.2, 0.25) is 0 Å². The standard InChI is InChI=1S/C50H43NO/c1-49(2)30-31-50(3,4)45-33-47-43(32-44(45)49)42-16-11-17-46(48(42)52-47)51(40-26-22-38(23-27-40)35-14-9-6-10-15-35)41-28-24-39(25-29-41)37-20-18-36(19-21-37)34-12-7-5-8-13-34/h5-29,32-33H,30-31H2,1-4H3. The Bertz CT molecular complexity index is 2520. The van der Waals surface area contributed by atoms with Crippen molar-refractivity contribution in [2.24, 2.45) is 0 Å². The van der Waals surface area contributed by atoms with E-state index in [2.05, 4.69) is 196 Å². The molecule has 2 nitrogen and oxygen atoms in total. The Morgan fingerprint density at radius 3 is 1.33 bits per heavy atom. The van der Waals surface area contributed by atoms with E-state index >= 15 is 0 Å². The van der Waals surface area contributed by atoms with Gasteiger partial charge >= 0.3 is 0 Å². The van der Waals surface area contributed by atoms with Crippen molar-refractivity contribution in [3.8, 4) is 33.4 Å². The molecule has 52 heavy (non-hydrogen) atoms. The first-order valence-corrected chi connectivity index (χ1v) is 18.5. The van der Waals surface area contributed by atoms with Gasteiger partial charge in [-0.05, 0) is 111 Å². The molecular weight excluding hydrogens is 631 g/mol. The molecule has 0 amide bonds. The van der Waals surface area contributed by atoms with Crippen molar-refractivity contribution in [1.82, 2.24) is 0 Å². The van der Waals surface area contributed by atoms with Crippen molar-refractivity contribution in [3.05, 3.63) is 175 Å². The molecule has 0 spiro atoms. The highest BCUT2D eigenvalue weighted by Crippen LogP contribution is 2.49. The first-order chi connectivity index (χ1) is 25.2. The first-order valence-electron chi connectivity index (χ1n) is 18.5. The zero-order valence-electron chi connectivity index (χ0n) is 30.4. The van der Waals surface area contributed by atoms with E-state index in [9.17, 15) is 0 Å². The van der Waals surface area contributed by atoms with Gasteiger partial charge in [-0.25, -0.2) is 0 Å². The fourth-order valence-electron chi connectivity index (χ4n) is 8.17. The van der Waals surface area contributed by atoms with Crippen LogP contribution in [0.4, 0.5) is 17.1 Å². The fourth-order valence-corrected chi connectivity index (χ4v) is 8.17. The molecule has 0 aliphatic heterocycles. The van der Waals surface area contributed by atoms with Gasteiger partial charge in [-0.2, -0.15) is 0 Å². The Morgan fingerprint density at radius 2 is 0.846 bits per heavy atom. The summed E-state index contributed by atoms with van der Waals surface area (Å²) in [6.45, 7) is 9.54. The summed E-state index contributed by atoms with van der Waals surface area (Å²) in [4.78, 5) is 2.34. The third-order valence-corrected chi connectivity index (χ3v) is 11.4. The molecule has 1 aromatic heterocycles. The summed E-state index contributed by atoms with van der Waals surface area (Å²) in [6.07, 6.45) is 2.35. The van der Waals surface area contributed by atoms with Gasteiger partial charge in [0.15, 0.2) is 5.58 Å². The van der Waals surface area contributed by atoms with Crippen LogP contribution in [0.5, 0.6) is 0 Å². The Kier molecular flexibility index (Phi) is 7.66. The van der Waals surface area contributed by atoms with E-state index in [0.717, 1.165) is 33.6 Å². The van der Waals surface area contributed by atoms with Gasteiger partial charge in [0.2, 0.25) is 0 Å². The summed E-state index contributed by atoms with van der Waals surface area (Å²) in [5.74, 6) is 0. The van der Waals surface area contributed by atoms with Crippen LogP contribution in [0.3, 0.4) is 0 Å². The molecule has 0 saturated carbocycles. The van der Waals surface area contributed by atoms with Crippen LogP contribution >= 0.6 is 0 Å². The molecule has 0 radical (unpaired) electrons.